The Morgan fingerprint density at radius 2 is 1.26 bits per heavy atom. The number of nitrogens with zero attached hydrogens (tertiary/aromatic N) is 9. The van der Waals surface area contributed by atoms with E-state index in [2.05, 4.69) is 30.7 Å². The monoisotopic (exact) mass is 722 g/mol. The molecular weight excluding hydrogens is 685 g/mol. The molecule has 272 valence electrons. The third-order valence-electron chi connectivity index (χ3n) is 8.45. The zero-order valence-corrected chi connectivity index (χ0v) is 30.7. The summed E-state index contributed by atoms with van der Waals surface area (Å²) in [7, 11) is 3.55. The smallest absolute Gasteiger partial charge is 0.235 e. The second kappa shape index (κ2) is 15.3. The molecule has 0 atom stereocenters. The molecule has 0 spiro atoms. The van der Waals surface area contributed by atoms with Crippen LogP contribution in [0.15, 0.2) is 93.8 Å². The molecule has 8 aromatic rings. The van der Waals surface area contributed by atoms with Crippen molar-refractivity contribution < 1.29 is 18.7 Å². The van der Waals surface area contributed by atoms with Crippen LogP contribution >= 0.6 is 0 Å². The molecule has 0 saturated carbocycles. The zero-order chi connectivity index (χ0) is 37.8. The summed E-state index contributed by atoms with van der Waals surface area (Å²) in [5, 5.41) is 31.2. The van der Waals surface area contributed by atoms with Gasteiger partial charge in [0.15, 0.2) is 11.6 Å². The van der Waals surface area contributed by atoms with Crippen molar-refractivity contribution in [2.24, 2.45) is 0 Å². The number of methoxy groups -OCH3 is 1. The topological polar surface area (TPSA) is 174 Å². The standard InChI is InChI=1S/2C20H19N5O2/c1-12-8-9-14-16(10-12)21-19(15-6-4-5-7-17(15)26)22-20(14)25(3)11-18-24-23-13(2)27-18;1-12-8-9-14-16(10-12)22-20(15-6-4-5-7-17(15)26-3)23-19(14)21-11-18-25-24-13(2)27-18/h4-10,26H,11H2,1-3H3;4-10H,11H2,1-3H3,(H,21,22,23). The average Bonchev–Trinajstić information content (AvgIpc) is 3.79. The minimum atomic E-state index is 0.144. The van der Waals surface area contributed by atoms with Gasteiger partial charge in [0, 0.05) is 31.7 Å². The highest BCUT2D eigenvalue weighted by Gasteiger charge is 2.18. The molecule has 0 aliphatic carbocycles. The molecule has 0 amide bonds. The van der Waals surface area contributed by atoms with E-state index in [1.165, 1.54) is 0 Å². The van der Waals surface area contributed by atoms with Crippen LogP contribution in [0.25, 0.3) is 44.6 Å². The molecule has 0 saturated heterocycles. The van der Waals surface area contributed by atoms with E-state index >= 15 is 0 Å². The van der Waals surface area contributed by atoms with Gasteiger partial charge in [-0.2, -0.15) is 0 Å². The lowest BCUT2D eigenvalue weighted by Gasteiger charge is -2.19. The first-order valence-electron chi connectivity index (χ1n) is 17.2. The van der Waals surface area contributed by atoms with Crippen LogP contribution in [0.3, 0.4) is 0 Å². The van der Waals surface area contributed by atoms with Crippen molar-refractivity contribution in [3.63, 3.8) is 0 Å². The Hall–Kier alpha value is -6.96. The molecule has 4 aromatic heterocycles. The lowest BCUT2D eigenvalue weighted by molar-refractivity contribution is 0.416. The third-order valence-corrected chi connectivity index (χ3v) is 8.45. The van der Waals surface area contributed by atoms with Gasteiger partial charge in [0.1, 0.15) is 23.1 Å². The predicted octanol–water partition coefficient (Wildman–Crippen LogP) is 7.56. The van der Waals surface area contributed by atoms with Crippen LogP contribution in [0.4, 0.5) is 11.6 Å². The number of hydrogen-bond acceptors (Lipinski definition) is 14. The normalized spacial score (nSPS) is 11.0. The Morgan fingerprint density at radius 1 is 0.667 bits per heavy atom. The molecule has 0 radical (unpaired) electrons. The van der Waals surface area contributed by atoms with E-state index < -0.39 is 0 Å². The average molecular weight is 723 g/mol. The number of rotatable bonds is 9. The van der Waals surface area contributed by atoms with Crippen LogP contribution < -0.4 is 15.0 Å². The molecule has 8 rings (SSSR count). The molecule has 4 aromatic carbocycles. The Kier molecular flexibility index (Phi) is 10.1. The fourth-order valence-corrected chi connectivity index (χ4v) is 5.87. The summed E-state index contributed by atoms with van der Waals surface area (Å²) in [6.07, 6.45) is 0. The number of hydrogen-bond donors (Lipinski definition) is 2. The van der Waals surface area contributed by atoms with Gasteiger partial charge in [-0.15, -0.1) is 20.4 Å². The first kappa shape index (κ1) is 35.4. The van der Waals surface area contributed by atoms with E-state index in [-0.39, 0.29) is 5.75 Å². The summed E-state index contributed by atoms with van der Waals surface area (Å²) >= 11 is 0. The maximum Gasteiger partial charge on any atom is 0.235 e. The van der Waals surface area contributed by atoms with Gasteiger partial charge in [-0.05, 0) is 73.5 Å². The number of fused-ring (bicyclic) bond motifs is 2. The van der Waals surface area contributed by atoms with Crippen molar-refractivity contribution >= 4 is 33.4 Å². The number of aryl methyl sites for hydroxylation is 4. The van der Waals surface area contributed by atoms with Crippen LogP contribution in [0.2, 0.25) is 0 Å². The summed E-state index contributed by atoms with van der Waals surface area (Å²) in [6.45, 7) is 8.38. The highest BCUT2D eigenvalue weighted by molar-refractivity contribution is 5.92. The van der Waals surface area contributed by atoms with Gasteiger partial charge in [-0.1, -0.05) is 36.4 Å². The number of para-hydroxylation sites is 2. The summed E-state index contributed by atoms with van der Waals surface area (Å²) in [5.41, 5.74) is 5.32. The van der Waals surface area contributed by atoms with Gasteiger partial charge < -0.3 is 28.9 Å². The van der Waals surface area contributed by atoms with E-state index in [1.807, 2.05) is 92.5 Å². The Labute approximate surface area is 311 Å². The van der Waals surface area contributed by atoms with Crippen LogP contribution in [-0.2, 0) is 13.1 Å². The minimum absolute atomic E-state index is 0.144. The maximum atomic E-state index is 10.2. The molecular formula is C40H38N10O4. The first-order valence-corrected chi connectivity index (χ1v) is 17.2. The number of phenolic OH excluding ortho intramolecular Hbond substituents is 1. The molecule has 2 N–H and O–H groups in total. The SMILES string of the molecule is COc1ccccc1-c1nc(NCc2nnc(C)o2)c2ccc(C)cc2n1.Cc1ccc2c(N(C)Cc3nnc(C)o3)nc(-c3ccccc3O)nc2c1. The molecule has 4 heterocycles. The number of aromatic hydroxyl groups is 1. The minimum Gasteiger partial charge on any atom is -0.507 e. The fourth-order valence-electron chi connectivity index (χ4n) is 5.87. The largest absolute Gasteiger partial charge is 0.507 e. The predicted molar refractivity (Wildman–Crippen MR) is 205 cm³/mol. The number of nitrogens with one attached hydrogen (secondary N) is 1. The summed E-state index contributed by atoms with van der Waals surface area (Å²) < 4.78 is 16.4. The van der Waals surface area contributed by atoms with Gasteiger partial charge in [-0.25, -0.2) is 19.9 Å². The zero-order valence-electron chi connectivity index (χ0n) is 30.7. The van der Waals surface area contributed by atoms with Crippen LogP contribution in [-0.4, -0.2) is 59.6 Å². The Bertz CT molecular complexity index is 2590. The van der Waals surface area contributed by atoms with Gasteiger partial charge in [0.25, 0.3) is 0 Å². The van der Waals surface area contributed by atoms with Gasteiger partial charge in [0.05, 0.1) is 42.4 Å². The fraction of sp³-hybridized carbons (Fsp3) is 0.200. The molecule has 14 nitrogen and oxygen atoms in total. The van der Waals surface area contributed by atoms with Gasteiger partial charge in [0.2, 0.25) is 23.6 Å². The van der Waals surface area contributed by atoms with Crippen molar-refractivity contribution in [3.8, 4) is 34.3 Å². The number of benzene rings is 4. The van der Waals surface area contributed by atoms with Crippen LogP contribution in [0.5, 0.6) is 11.5 Å². The van der Waals surface area contributed by atoms with Gasteiger partial charge in [-0.3, -0.25) is 0 Å². The molecule has 0 aliphatic rings. The van der Waals surface area contributed by atoms with E-state index in [1.54, 1.807) is 39.2 Å². The van der Waals surface area contributed by atoms with E-state index in [9.17, 15) is 5.11 Å². The lowest BCUT2D eigenvalue weighted by Crippen LogP contribution is -2.19. The highest BCUT2D eigenvalue weighted by Crippen LogP contribution is 2.33. The van der Waals surface area contributed by atoms with Crippen molar-refractivity contribution in [2.75, 3.05) is 24.4 Å². The molecule has 14 heteroatoms. The van der Waals surface area contributed by atoms with E-state index in [0.29, 0.717) is 59.7 Å². The number of phenols is 1. The lowest BCUT2D eigenvalue weighted by atomic mass is 10.1. The molecule has 0 bridgehead atoms. The Morgan fingerprint density at radius 3 is 1.91 bits per heavy atom. The summed E-state index contributed by atoms with van der Waals surface area (Å²) in [6, 6.07) is 26.9. The van der Waals surface area contributed by atoms with Crippen LogP contribution in [0, 0.1) is 27.7 Å². The van der Waals surface area contributed by atoms with Crippen LogP contribution in [0.1, 0.15) is 34.7 Å². The molecule has 0 fully saturated rings. The second-order valence-electron chi connectivity index (χ2n) is 12.7. The van der Waals surface area contributed by atoms with Crippen molar-refractivity contribution in [1.82, 2.24) is 40.3 Å². The molecule has 0 unspecified atom stereocenters. The second-order valence-corrected chi connectivity index (χ2v) is 12.7. The number of anilines is 2. The third kappa shape index (κ3) is 7.77. The molecule has 0 aliphatic heterocycles. The number of aromatic nitrogens is 8. The van der Waals surface area contributed by atoms with Gasteiger partial charge >= 0.3 is 0 Å². The highest BCUT2D eigenvalue weighted by atomic mass is 16.5. The summed E-state index contributed by atoms with van der Waals surface area (Å²) in [5.74, 6) is 5.44. The number of ether oxygens (including phenoxy) is 1. The van der Waals surface area contributed by atoms with Crippen molar-refractivity contribution in [1.29, 1.82) is 0 Å². The summed E-state index contributed by atoms with van der Waals surface area (Å²) in [4.78, 5) is 20.8. The van der Waals surface area contributed by atoms with E-state index in [0.717, 1.165) is 50.1 Å². The molecule has 54 heavy (non-hydrogen) atoms. The Balaban J connectivity index is 0.000000167. The first-order chi connectivity index (χ1) is 26.1. The van der Waals surface area contributed by atoms with E-state index in [4.69, 9.17) is 28.5 Å². The maximum absolute atomic E-state index is 10.2. The quantitative estimate of drug-likeness (QED) is 0.149. The van der Waals surface area contributed by atoms with Crippen molar-refractivity contribution in [3.05, 3.63) is 120 Å². The van der Waals surface area contributed by atoms with Crippen molar-refractivity contribution in [2.45, 2.75) is 40.8 Å².